The van der Waals surface area contributed by atoms with Gasteiger partial charge in [0.15, 0.2) is 0 Å². The van der Waals surface area contributed by atoms with Crippen LogP contribution in [0.2, 0.25) is 0 Å². The number of likely N-dealkylation sites (N-methyl/N-ethyl adjacent to an activating group) is 1. The molecule has 1 fully saturated rings. The number of rotatable bonds is 2. The van der Waals surface area contributed by atoms with Crippen LogP contribution in [0.1, 0.15) is 44.6 Å². The largest absolute Gasteiger partial charge is 0.316 e. The first kappa shape index (κ1) is 14.1. The zero-order valence-corrected chi connectivity index (χ0v) is 10.8. The van der Waals surface area contributed by atoms with Crippen molar-refractivity contribution in [1.82, 2.24) is 5.32 Å². The molecule has 0 heterocycles. The van der Waals surface area contributed by atoms with Crippen molar-refractivity contribution in [2.45, 2.75) is 45.1 Å². The predicted octanol–water partition coefficient (Wildman–Crippen LogP) is 3.85. The Morgan fingerprint density at radius 2 is 1.65 bits per heavy atom. The molecule has 1 N–H and O–H groups in total. The molecule has 0 radical (unpaired) electrons. The van der Waals surface area contributed by atoms with Gasteiger partial charge in [0, 0.05) is 12.1 Å². The number of hydrogen-bond donors (Lipinski definition) is 1. The van der Waals surface area contributed by atoms with Crippen LogP contribution >= 0.6 is 0 Å². The maximum atomic E-state index is 13.1. The minimum absolute atomic E-state index is 0.250. The highest BCUT2D eigenvalue weighted by Gasteiger charge is 2.27. The lowest BCUT2D eigenvalue weighted by molar-refractivity contribution is 0.512. The van der Waals surface area contributed by atoms with E-state index in [9.17, 15) is 8.78 Å². The third-order valence-electron chi connectivity index (χ3n) is 3.20. The second-order valence-corrected chi connectivity index (χ2v) is 4.14. The Balaban J connectivity index is 0.000000686. The Morgan fingerprint density at radius 3 is 2.18 bits per heavy atom. The van der Waals surface area contributed by atoms with E-state index < -0.39 is 11.6 Å². The lowest BCUT2D eigenvalue weighted by Crippen LogP contribution is -2.27. The molecule has 1 aromatic carbocycles. The van der Waals surface area contributed by atoms with Gasteiger partial charge in [0.1, 0.15) is 11.6 Å². The van der Waals surface area contributed by atoms with Crippen molar-refractivity contribution >= 4 is 0 Å². The molecule has 0 unspecified atom stereocenters. The van der Waals surface area contributed by atoms with Gasteiger partial charge in [-0.25, -0.2) is 8.78 Å². The van der Waals surface area contributed by atoms with E-state index in [4.69, 9.17) is 0 Å². The van der Waals surface area contributed by atoms with E-state index in [0.29, 0.717) is 6.04 Å². The van der Waals surface area contributed by atoms with E-state index in [1.807, 2.05) is 20.9 Å². The molecule has 17 heavy (non-hydrogen) atoms. The lowest BCUT2D eigenvalue weighted by Gasteiger charge is -2.19. The highest BCUT2D eigenvalue weighted by molar-refractivity contribution is 5.24. The van der Waals surface area contributed by atoms with Crippen molar-refractivity contribution in [3.05, 3.63) is 35.4 Å². The summed E-state index contributed by atoms with van der Waals surface area (Å²) in [6.07, 6.45) is 3.21. The molecule has 0 spiro atoms. The maximum absolute atomic E-state index is 13.1. The molecule has 2 rings (SSSR count). The fourth-order valence-corrected chi connectivity index (χ4v) is 2.49. The first-order valence-corrected chi connectivity index (χ1v) is 6.34. The number of hydrogen-bond acceptors (Lipinski definition) is 1. The van der Waals surface area contributed by atoms with Crippen LogP contribution in [0.15, 0.2) is 18.2 Å². The number of benzene rings is 1. The summed E-state index contributed by atoms with van der Waals surface area (Å²) in [6.45, 7) is 4.00. The summed E-state index contributed by atoms with van der Waals surface area (Å²) in [5.74, 6) is -0.710. The maximum Gasteiger partial charge on any atom is 0.126 e. The van der Waals surface area contributed by atoms with Gasteiger partial charge in [-0.15, -0.1) is 0 Å². The molecule has 0 saturated heterocycles. The van der Waals surface area contributed by atoms with Crippen molar-refractivity contribution in [3.63, 3.8) is 0 Å². The van der Waals surface area contributed by atoms with Crippen LogP contribution < -0.4 is 5.32 Å². The number of halogens is 2. The van der Waals surface area contributed by atoms with Gasteiger partial charge >= 0.3 is 0 Å². The summed E-state index contributed by atoms with van der Waals surface area (Å²) < 4.78 is 26.1. The van der Waals surface area contributed by atoms with E-state index in [-0.39, 0.29) is 5.92 Å². The Labute approximate surface area is 102 Å². The Hall–Kier alpha value is -0.960. The summed E-state index contributed by atoms with van der Waals surface area (Å²) in [5.41, 5.74) is 0.782. The molecule has 0 bridgehead atoms. The average Bonchev–Trinajstić information content (AvgIpc) is 2.78. The molecule has 1 aromatic rings. The Morgan fingerprint density at radius 1 is 1.06 bits per heavy atom. The standard InChI is InChI=1S/C12H15F2N.C2H6/c1-15-12-4-2-3-11(12)8-5-9(13)7-10(14)6-8;1-2/h5-7,11-12,15H,2-4H2,1H3;1-2H3/t11-,12+;/m1./s1. The quantitative estimate of drug-likeness (QED) is 0.829. The molecule has 1 aliphatic rings. The predicted molar refractivity (Wildman–Crippen MR) is 67.1 cm³/mol. The van der Waals surface area contributed by atoms with Crippen molar-refractivity contribution < 1.29 is 8.78 Å². The van der Waals surface area contributed by atoms with Crippen LogP contribution in [-0.4, -0.2) is 13.1 Å². The highest BCUT2D eigenvalue weighted by Crippen LogP contribution is 2.34. The van der Waals surface area contributed by atoms with Crippen LogP contribution in [0, 0.1) is 11.6 Å². The Bertz CT molecular complexity index is 332. The molecular weight excluding hydrogens is 220 g/mol. The molecule has 2 atom stereocenters. The summed E-state index contributed by atoms with van der Waals surface area (Å²) >= 11 is 0. The second-order valence-electron chi connectivity index (χ2n) is 4.14. The number of nitrogens with one attached hydrogen (secondary N) is 1. The summed E-state index contributed by atoms with van der Waals surface area (Å²) in [4.78, 5) is 0. The molecule has 1 saturated carbocycles. The lowest BCUT2D eigenvalue weighted by atomic mass is 9.94. The van der Waals surface area contributed by atoms with E-state index in [0.717, 1.165) is 30.9 Å². The van der Waals surface area contributed by atoms with Gasteiger partial charge in [0.05, 0.1) is 0 Å². The van der Waals surface area contributed by atoms with E-state index >= 15 is 0 Å². The van der Waals surface area contributed by atoms with Crippen molar-refractivity contribution in [2.24, 2.45) is 0 Å². The third kappa shape index (κ3) is 3.50. The fourth-order valence-electron chi connectivity index (χ4n) is 2.49. The normalized spacial score (nSPS) is 23.1. The topological polar surface area (TPSA) is 12.0 Å². The van der Waals surface area contributed by atoms with Crippen molar-refractivity contribution in [2.75, 3.05) is 7.05 Å². The van der Waals surface area contributed by atoms with Gasteiger partial charge in [-0.1, -0.05) is 20.3 Å². The molecular formula is C14H21F2N. The monoisotopic (exact) mass is 241 g/mol. The van der Waals surface area contributed by atoms with Crippen LogP contribution in [-0.2, 0) is 0 Å². The van der Waals surface area contributed by atoms with Crippen molar-refractivity contribution in [1.29, 1.82) is 0 Å². The SMILES string of the molecule is CC.CN[C@H]1CCC[C@@H]1c1cc(F)cc(F)c1. The molecule has 1 aliphatic carbocycles. The summed E-state index contributed by atoms with van der Waals surface area (Å²) in [6, 6.07) is 4.17. The van der Waals surface area contributed by atoms with Gasteiger partial charge in [-0.3, -0.25) is 0 Å². The van der Waals surface area contributed by atoms with Gasteiger partial charge < -0.3 is 5.32 Å². The van der Waals surface area contributed by atoms with Crippen LogP contribution in [0.25, 0.3) is 0 Å². The second kappa shape index (κ2) is 6.70. The van der Waals surface area contributed by atoms with Gasteiger partial charge in [0.25, 0.3) is 0 Å². The Kier molecular flexibility index (Phi) is 5.56. The van der Waals surface area contributed by atoms with E-state index in [1.165, 1.54) is 12.1 Å². The van der Waals surface area contributed by atoms with Crippen LogP contribution in [0.5, 0.6) is 0 Å². The molecule has 1 nitrogen and oxygen atoms in total. The zero-order valence-electron chi connectivity index (χ0n) is 10.8. The summed E-state index contributed by atoms with van der Waals surface area (Å²) in [5, 5.41) is 3.21. The first-order valence-electron chi connectivity index (χ1n) is 6.34. The van der Waals surface area contributed by atoms with Crippen LogP contribution in [0.3, 0.4) is 0 Å². The first-order chi connectivity index (χ1) is 8.20. The van der Waals surface area contributed by atoms with Gasteiger partial charge in [-0.2, -0.15) is 0 Å². The minimum atomic E-state index is -0.480. The van der Waals surface area contributed by atoms with Crippen molar-refractivity contribution in [3.8, 4) is 0 Å². The molecule has 0 aromatic heterocycles. The fraction of sp³-hybridized carbons (Fsp3) is 0.571. The highest BCUT2D eigenvalue weighted by atomic mass is 19.1. The molecule has 3 heteroatoms. The molecule has 0 aliphatic heterocycles. The molecule has 0 amide bonds. The zero-order chi connectivity index (χ0) is 12.8. The smallest absolute Gasteiger partial charge is 0.126 e. The molecule has 96 valence electrons. The minimum Gasteiger partial charge on any atom is -0.316 e. The van der Waals surface area contributed by atoms with Gasteiger partial charge in [0.2, 0.25) is 0 Å². The van der Waals surface area contributed by atoms with E-state index in [1.54, 1.807) is 0 Å². The van der Waals surface area contributed by atoms with Gasteiger partial charge in [-0.05, 0) is 43.5 Å². The van der Waals surface area contributed by atoms with E-state index in [2.05, 4.69) is 5.32 Å². The van der Waals surface area contributed by atoms with Crippen LogP contribution in [0.4, 0.5) is 8.78 Å². The average molecular weight is 241 g/mol. The summed E-state index contributed by atoms with van der Waals surface area (Å²) in [7, 11) is 1.90. The third-order valence-corrected chi connectivity index (χ3v) is 3.20.